The Hall–Kier alpha value is -2.97. The van der Waals surface area contributed by atoms with E-state index in [-0.39, 0.29) is 17.2 Å². The Labute approximate surface area is 118 Å². The van der Waals surface area contributed by atoms with E-state index in [1.54, 1.807) is 18.6 Å². The number of aromatic nitrogens is 4. The molecule has 0 aliphatic heterocycles. The van der Waals surface area contributed by atoms with E-state index in [2.05, 4.69) is 25.2 Å². The molecule has 0 aliphatic carbocycles. The first-order chi connectivity index (χ1) is 10.1. The third kappa shape index (κ3) is 2.53. The molecule has 2 aromatic heterocycles. The van der Waals surface area contributed by atoms with Crippen LogP contribution in [-0.2, 0) is 6.54 Å². The van der Waals surface area contributed by atoms with Gasteiger partial charge in [0.2, 0.25) is 5.52 Å². The SMILES string of the molecule is CC(Cn1ccnc1)Nc1ccc([N+](=O)[O-])c2nonc12. The largest absolute Gasteiger partial charge is 0.379 e. The van der Waals surface area contributed by atoms with E-state index in [1.807, 2.05) is 17.7 Å². The number of non-ortho nitro benzene ring substituents is 1. The Kier molecular flexibility index (Phi) is 3.22. The fourth-order valence-corrected chi connectivity index (χ4v) is 2.14. The first kappa shape index (κ1) is 13.0. The summed E-state index contributed by atoms with van der Waals surface area (Å²) in [7, 11) is 0. The van der Waals surface area contributed by atoms with Crippen LogP contribution in [0.5, 0.6) is 0 Å². The summed E-state index contributed by atoms with van der Waals surface area (Å²) in [6.45, 7) is 2.69. The summed E-state index contributed by atoms with van der Waals surface area (Å²) in [5, 5.41) is 21.5. The number of nitrogens with one attached hydrogen (secondary N) is 1. The standard InChI is InChI=1S/C12H12N6O3/c1-8(6-17-5-4-13-7-17)14-9-2-3-10(18(19)20)12-11(9)15-21-16-12/h2-5,7-8,14H,6H2,1H3. The maximum Gasteiger partial charge on any atom is 0.300 e. The van der Waals surface area contributed by atoms with Gasteiger partial charge in [0, 0.05) is 31.0 Å². The second-order valence-corrected chi connectivity index (χ2v) is 4.66. The van der Waals surface area contributed by atoms with Gasteiger partial charge >= 0.3 is 5.69 Å². The van der Waals surface area contributed by atoms with Gasteiger partial charge < -0.3 is 9.88 Å². The highest BCUT2D eigenvalue weighted by Gasteiger charge is 2.20. The van der Waals surface area contributed by atoms with Gasteiger partial charge in [0.15, 0.2) is 5.52 Å². The van der Waals surface area contributed by atoms with Crippen molar-refractivity contribution in [1.29, 1.82) is 0 Å². The molecule has 9 nitrogen and oxygen atoms in total. The lowest BCUT2D eigenvalue weighted by molar-refractivity contribution is -0.383. The number of fused-ring (bicyclic) bond motifs is 1. The summed E-state index contributed by atoms with van der Waals surface area (Å²) in [5.41, 5.74) is 1.00. The normalized spacial score (nSPS) is 12.4. The molecule has 1 atom stereocenters. The van der Waals surface area contributed by atoms with Gasteiger partial charge in [-0.1, -0.05) is 0 Å². The first-order valence-corrected chi connectivity index (χ1v) is 6.27. The lowest BCUT2D eigenvalue weighted by Gasteiger charge is -2.15. The summed E-state index contributed by atoms with van der Waals surface area (Å²) in [6, 6.07) is 3.06. The molecule has 1 aromatic carbocycles. The quantitative estimate of drug-likeness (QED) is 0.563. The van der Waals surface area contributed by atoms with Gasteiger partial charge in [0.1, 0.15) is 0 Å². The molecule has 0 bridgehead atoms. The minimum atomic E-state index is -0.509. The van der Waals surface area contributed by atoms with Crippen molar-refractivity contribution in [2.75, 3.05) is 5.32 Å². The predicted molar refractivity (Wildman–Crippen MR) is 73.8 cm³/mol. The minimum Gasteiger partial charge on any atom is -0.379 e. The summed E-state index contributed by atoms with van der Waals surface area (Å²) < 4.78 is 6.56. The number of benzene rings is 1. The molecule has 2 heterocycles. The van der Waals surface area contributed by atoms with Gasteiger partial charge in [0.05, 0.1) is 16.9 Å². The Morgan fingerprint density at radius 2 is 2.24 bits per heavy atom. The van der Waals surface area contributed by atoms with Crippen LogP contribution in [0.3, 0.4) is 0 Å². The third-order valence-corrected chi connectivity index (χ3v) is 3.04. The Bertz CT molecular complexity index is 766. The van der Waals surface area contributed by atoms with E-state index < -0.39 is 4.92 Å². The summed E-state index contributed by atoms with van der Waals surface area (Å²) >= 11 is 0. The molecule has 0 spiro atoms. The fourth-order valence-electron chi connectivity index (χ4n) is 2.14. The fraction of sp³-hybridized carbons (Fsp3) is 0.250. The Morgan fingerprint density at radius 3 is 2.95 bits per heavy atom. The van der Waals surface area contributed by atoms with Gasteiger partial charge in [-0.3, -0.25) is 10.1 Å². The van der Waals surface area contributed by atoms with E-state index in [4.69, 9.17) is 0 Å². The molecule has 1 N–H and O–H groups in total. The van der Waals surface area contributed by atoms with Crippen molar-refractivity contribution in [2.45, 2.75) is 19.5 Å². The molecule has 0 amide bonds. The van der Waals surface area contributed by atoms with Crippen LogP contribution in [0.25, 0.3) is 11.0 Å². The van der Waals surface area contributed by atoms with Crippen molar-refractivity contribution in [3.8, 4) is 0 Å². The smallest absolute Gasteiger partial charge is 0.300 e. The van der Waals surface area contributed by atoms with Gasteiger partial charge in [-0.25, -0.2) is 9.61 Å². The maximum atomic E-state index is 10.9. The van der Waals surface area contributed by atoms with Crippen molar-refractivity contribution in [2.24, 2.45) is 0 Å². The van der Waals surface area contributed by atoms with Crippen LogP contribution in [0.2, 0.25) is 0 Å². The molecule has 0 saturated carbocycles. The van der Waals surface area contributed by atoms with Crippen LogP contribution in [0.15, 0.2) is 35.5 Å². The van der Waals surface area contributed by atoms with Crippen LogP contribution in [-0.4, -0.2) is 30.8 Å². The Morgan fingerprint density at radius 1 is 1.43 bits per heavy atom. The molecule has 108 valence electrons. The molecule has 0 saturated heterocycles. The summed E-state index contributed by atoms with van der Waals surface area (Å²) in [5.74, 6) is 0. The van der Waals surface area contributed by atoms with E-state index in [0.717, 1.165) is 0 Å². The zero-order valence-electron chi connectivity index (χ0n) is 11.1. The number of hydrogen-bond acceptors (Lipinski definition) is 7. The lowest BCUT2D eigenvalue weighted by atomic mass is 10.2. The zero-order chi connectivity index (χ0) is 14.8. The van der Waals surface area contributed by atoms with Crippen LogP contribution in [0.1, 0.15) is 6.92 Å². The van der Waals surface area contributed by atoms with Crippen LogP contribution >= 0.6 is 0 Å². The van der Waals surface area contributed by atoms with Gasteiger partial charge in [-0.2, -0.15) is 0 Å². The highest BCUT2D eigenvalue weighted by molar-refractivity contribution is 5.93. The third-order valence-electron chi connectivity index (χ3n) is 3.04. The highest BCUT2D eigenvalue weighted by Crippen LogP contribution is 2.29. The monoisotopic (exact) mass is 288 g/mol. The molecule has 9 heteroatoms. The Balaban J connectivity index is 1.86. The number of anilines is 1. The van der Waals surface area contributed by atoms with Crippen molar-refractivity contribution in [3.05, 3.63) is 41.0 Å². The van der Waals surface area contributed by atoms with Crippen LogP contribution in [0, 0.1) is 10.1 Å². The van der Waals surface area contributed by atoms with Crippen LogP contribution < -0.4 is 5.32 Å². The van der Waals surface area contributed by atoms with E-state index in [9.17, 15) is 10.1 Å². The van der Waals surface area contributed by atoms with Crippen molar-refractivity contribution in [3.63, 3.8) is 0 Å². The zero-order valence-corrected chi connectivity index (χ0v) is 11.1. The maximum absolute atomic E-state index is 10.9. The summed E-state index contributed by atoms with van der Waals surface area (Å²) in [4.78, 5) is 14.4. The molecular formula is C12H12N6O3. The molecule has 0 fully saturated rings. The minimum absolute atomic E-state index is 0.0700. The molecule has 3 rings (SSSR count). The van der Waals surface area contributed by atoms with E-state index in [0.29, 0.717) is 17.7 Å². The second-order valence-electron chi connectivity index (χ2n) is 4.66. The number of nitrogens with zero attached hydrogens (tertiary/aromatic N) is 5. The average Bonchev–Trinajstić information content (AvgIpc) is 3.09. The number of nitro benzene ring substituents is 1. The number of nitro groups is 1. The molecule has 3 aromatic rings. The lowest BCUT2D eigenvalue weighted by Crippen LogP contribution is -2.21. The predicted octanol–water partition coefficient (Wildman–Crippen LogP) is 1.83. The molecule has 21 heavy (non-hydrogen) atoms. The van der Waals surface area contributed by atoms with Crippen LogP contribution in [0.4, 0.5) is 11.4 Å². The number of imidazole rings is 1. The molecule has 1 unspecified atom stereocenters. The molecule has 0 radical (unpaired) electrons. The number of rotatable bonds is 5. The highest BCUT2D eigenvalue weighted by atomic mass is 16.6. The van der Waals surface area contributed by atoms with Gasteiger partial charge in [-0.15, -0.1) is 0 Å². The van der Waals surface area contributed by atoms with E-state index >= 15 is 0 Å². The van der Waals surface area contributed by atoms with Crippen molar-refractivity contribution < 1.29 is 9.55 Å². The molecule has 0 aliphatic rings. The van der Waals surface area contributed by atoms with Crippen molar-refractivity contribution >= 4 is 22.4 Å². The van der Waals surface area contributed by atoms with Gasteiger partial charge in [0.25, 0.3) is 0 Å². The van der Waals surface area contributed by atoms with Crippen molar-refractivity contribution in [1.82, 2.24) is 19.9 Å². The number of hydrogen-bond donors (Lipinski definition) is 1. The second kappa shape index (κ2) is 5.19. The molecular weight excluding hydrogens is 276 g/mol. The first-order valence-electron chi connectivity index (χ1n) is 6.27. The average molecular weight is 288 g/mol. The topological polar surface area (TPSA) is 112 Å². The van der Waals surface area contributed by atoms with Gasteiger partial charge in [-0.05, 0) is 23.3 Å². The summed E-state index contributed by atoms with van der Waals surface area (Å²) in [6.07, 6.45) is 5.29. The van der Waals surface area contributed by atoms with E-state index in [1.165, 1.54) is 6.07 Å².